The van der Waals surface area contributed by atoms with Crippen molar-refractivity contribution in [1.29, 1.82) is 0 Å². The predicted octanol–water partition coefficient (Wildman–Crippen LogP) is 3.74. The van der Waals surface area contributed by atoms with Gasteiger partial charge in [-0.05, 0) is 50.1 Å². The highest BCUT2D eigenvalue weighted by molar-refractivity contribution is 5.92. The second-order valence-electron chi connectivity index (χ2n) is 7.33. The molecule has 1 aliphatic carbocycles. The van der Waals surface area contributed by atoms with Crippen LogP contribution < -0.4 is 20.1 Å². The molecule has 0 radical (unpaired) electrons. The van der Waals surface area contributed by atoms with Crippen LogP contribution in [0.15, 0.2) is 30.3 Å². The van der Waals surface area contributed by atoms with E-state index in [4.69, 9.17) is 9.47 Å². The summed E-state index contributed by atoms with van der Waals surface area (Å²) in [5, 5.41) is 6.27. The third-order valence-corrected chi connectivity index (χ3v) is 4.99. The largest absolute Gasteiger partial charge is 0.497 e. The molecule has 0 bridgehead atoms. The van der Waals surface area contributed by atoms with Crippen molar-refractivity contribution in [3.8, 4) is 11.5 Å². The second kappa shape index (κ2) is 10.6. The molecule has 0 aliphatic heterocycles. The maximum Gasteiger partial charge on any atom is 0.270 e. The molecule has 0 saturated heterocycles. The zero-order valence-electron chi connectivity index (χ0n) is 17.2. The average molecular weight is 399 g/mol. The Hall–Kier alpha value is -2.83. The highest BCUT2D eigenvalue weighted by Gasteiger charge is 2.17. The van der Waals surface area contributed by atoms with Crippen LogP contribution in [0.5, 0.6) is 11.5 Å². The van der Waals surface area contributed by atoms with Crippen LogP contribution in [-0.4, -0.2) is 42.2 Å². The van der Waals surface area contributed by atoms with Crippen LogP contribution in [0.25, 0.3) is 0 Å². The van der Waals surface area contributed by atoms with E-state index in [0.29, 0.717) is 24.8 Å². The smallest absolute Gasteiger partial charge is 0.270 e. The highest BCUT2D eigenvalue weighted by atomic mass is 16.5. The Morgan fingerprint density at radius 2 is 1.76 bits per heavy atom. The molecule has 0 spiro atoms. The number of aromatic nitrogens is 2. The summed E-state index contributed by atoms with van der Waals surface area (Å²) in [5.74, 6) is 1.87. The molecule has 2 aromatic rings. The predicted molar refractivity (Wildman–Crippen MR) is 113 cm³/mol. The first-order valence-electron chi connectivity index (χ1n) is 10.3. The summed E-state index contributed by atoms with van der Waals surface area (Å²) >= 11 is 0. The van der Waals surface area contributed by atoms with Gasteiger partial charge < -0.3 is 20.1 Å². The molecule has 2 N–H and O–H groups in total. The van der Waals surface area contributed by atoms with Crippen LogP contribution in [0.2, 0.25) is 0 Å². The fraction of sp³-hybridized carbons (Fsp3) is 0.500. The molecular weight excluding hydrogens is 368 g/mol. The average Bonchev–Trinajstić information content (AvgIpc) is 3.00. The van der Waals surface area contributed by atoms with Crippen molar-refractivity contribution in [2.24, 2.45) is 0 Å². The number of hydrogen-bond donors (Lipinski definition) is 2. The van der Waals surface area contributed by atoms with Crippen LogP contribution in [0, 0.1) is 6.92 Å². The minimum Gasteiger partial charge on any atom is -0.497 e. The molecule has 0 unspecified atom stereocenters. The van der Waals surface area contributed by atoms with Crippen molar-refractivity contribution in [1.82, 2.24) is 15.3 Å². The molecule has 1 amide bonds. The summed E-state index contributed by atoms with van der Waals surface area (Å²) in [7, 11) is 1.63. The van der Waals surface area contributed by atoms with E-state index in [-0.39, 0.29) is 11.9 Å². The highest BCUT2D eigenvalue weighted by Crippen LogP contribution is 2.18. The molecule has 1 saturated carbocycles. The molecule has 1 fully saturated rings. The standard InChI is InChI=1S/C22H30N4O3/c1-16-15-20(21(27)25-17-7-5-3-4-6-8-17)26-22(24-16)23-13-14-29-19-11-9-18(28-2)10-12-19/h9-12,15,17H,3-8,13-14H2,1-2H3,(H,25,27)(H,23,24,26). The van der Waals surface area contributed by atoms with Crippen LogP contribution in [0.1, 0.15) is 54.7 Å². The van der Waals surface area contributed by atoms with Gasteiger partial charge in [-0.1, -0.05) is 25.7 Å². The molecule has 29 heavy (non-hydrogen) atoms. The number of hydrogen-bond acceptors (Lipinski definition) is 6. The zero-order chi connectivity index (χ0) is 20.5. The van der Waals surface area contributed by atoms with Gasteiger partial charge in [0.15, 0.2) is 0 Å². The summed E-state index contributed by atoms with van der Waals surface area (Å²) in [5.41, 5.74) is 1.16. The van der Waals surface area contributed by atoms with Crippen LogP contribution in [-0.2, 0) is 0 Å². The first-order valence-corrected chi connectivity index (χ1v) is 10.3. The summed E-state index contributed by atoms with van der Waals surface area (Å²) < 4.78 is 10.8. The van der Waals surface area contributed by atoms with E-state index in [2.05, 4.69) is 20.6 Å². The summed E-state index contributed by atoms with van der Waals surface area (Å²) in [6, 6.07) is 9.40. The van der Waals surface area contributed by atoms with Crippen molar-refractivity contribution < 1.29 is 14.3 Å². The van der Waals surface area contributed by atoms with E-state index in [9.17, 15) is 4.79 Å². The number of anilines is 1. The van der Waals surface area contributed by atoms with Gasteiger partial charge in [0.2, 0.25) is 5.95 Å². The Bertz CT molecular complexity index is 787. The minimum atomic E-state index is -0.125. The molecule has 0 atom stereocenters. The Morgan fingerprint density at radius 1 is 1.07 bits per heavy atom. The Labute approximate surface area is 172 Å². The van der Waals surface area contributed by atoms with Gasteiger partial charge in [0.1, 0.15) is 23.8 Å². The molecular formula is C22H30N4O3. The molecule has 156 valence electrons. The third kappa shape index (κ3) is 6.62. The first-order chi connectivity index (χ1) is 14.1. The number of nitrogens with zero attached hydrogens (tertiary/aromatic N) is 2. The van der Waals surface area contributed by atoms with Gasteiger partial charge >= 0.3 is 0 Å². The molecule has 1 aromatic carbocycles. The number of aryl methyl sites for hydroxylation is 1. The van der Waals surface area contributed by atoms with Crippen LogP contribution in [0.4, 0.5) is 5.95 Å². The van der Waals surface area contributed by atoms with Crippen LogP contribution >= 0.6 is 0 Å². The van der Waals surface area contributed by atoms with E-state index in [0.717, 1.165) is 30.0 Å². The van der Waals surface area contributed by atoms with Crippen molar-refractivity contribution in [3.63, 3.8) is 0 Å². The van der Waals surface area contributed by atoms with Gasteiger partial charge in [0, 0.05) is 11.7 Å². The van der Waals surface area contributed by atoms with Crippen molar-refractivity contribution >= 4 is 11.9 Å². The number of methoxy groups -OCH3 is 1. The van der Waals surface area contributed by atoms with Gasteiger partial charge in [0.25, 0.3) is 5.91 Å². The Morgan fingerprint density at radius 3 is 2.45 bits per heavy atom. The van der Waals surface area contributed by atoms with E-state index < -0.39 is 0 Å². The fourth-order valence-corrected chi connectivity index (χ4v) is 3.45. The van der Waals surface area contributed by atoms with Crippen molar-refractivity contribution in [2.45, 2.75) is 51.5 Å². The lowest BCUT2D eigenvalue weighted by atomic mass is 10.1. The third-order valence-electron chi connectivity index (χ3n) is 4.99. The number of carbonyl (C=O) groups excluding carboxylic acids is 1. The minimum absolute atomic E-state index is 0.125. The molecule has 3 rings (SSSR count). The number of amides is 1. The number of benzene rings is 1. The topological polar surface area (TPSA) is 85.4 Å². The van der Waals surface area contributed by atoms with Gasteiger partial charge in [-0.15, -0.1) is 0 Å². The number of carbonyl (C=O) groups is 1. The molecule has 7 nitrogen and oxygen atoms in total. The lowest BCUT2D eigenvalue weighted by Gasteiger charge is -2.16. The van der Waals surface area contributed by atoms with Gasteiger partial charge in [-0.3, -0.25) is 4.79 Å². The van der Waals surface area contributed by atoms with Crippen molar-refractivity contribution in [3.05, 3.63) is 41.7 Å². The first kappa shape index (κ1) is 20.9. The summed E-state index contributed by atoms with van der Waals surface area (Å²) in [6.07, 6.45) is 6.95. The van der Waals surface area contributed by atoms with E-state index >= 15 is 0 Å². The molecule has 1 heterocycles. The normalized spacial score (nSPS) is 14.7. The SMILES string of the molecule is COc1ccc(OCCNc2nc(C)cc(C(=O)NC3CCCCCC3)n2)cc1. The van der Waals surface area contributed by atoms with Gasteiger partial charge in [-0.25, -0.2) is 9.97 Å². The fourth-order valence-electron chi connectivity index (χ4n) is 3.45. The maximum absolute atomic E-state index is 12.6. The van der Waals surface area contributed by atoms with Gasteiger partial charge in [0.05, 0.1) is 13.7 Å². The summed E-state index contributed by atoms with van der Waals surface area (Å²) in [6.45, 7) is 2.84. The van der Waals surface area contributed by atoms with Crippen molar-refractivity contribution in [2.75, 3.05) is 25.6 Å². The van der Waals surface area contributed by atoms with E-state index in [1.54, 1.807) is 13.2 Å². The summed E-state index contributed by atoms with van der Waals surface area (Å²) in [4.78, 5) is 21.4. The van der Waals surface area contributed by atoms with E-state index in [1.807, 2.05) is 31.2 Å². The molecule has 1 aromatic heterocycles. The number of ether oxygens (including phenoxy) is 2. The van der Waals surface area contributed by atoms with E-state index in [1.165, 1.54) is 25.7 Å². The molecule has 1 aliphatic rings. The number of rotatable bonds is 8. The Kier molecular flexibility index (Phi) is 7.67. The Balaban J connectivity index is 1.50. The zero-order valence-corrected chi connectivity index (χ0v) is 17.2. The van der Waals surface area contributed by atoms with Crippen LogP contribution in [0.3, 0.4) is 0 Å². The molecule has 7 heteroatoms. The lowest BCUT2D eigenvalue weighted by molar-refractivity contribution is 0.0928. The lowest BCUT2D eigenvalue weighted by Crippen LogP contribution is -2.35. The number of nitrogens with one attached hydrogen (secondary N) is 2. The van der Waals surface area contributed by atoms with Gasteiger partial charge in [-0.2, -0.15) is 0 Å². The second-order valence-corrected chi connectivity index (χ2v) is 7.33. The quantitative estimate of drug-likeness (QED) is 0.520. The maximum atomic E-state index is 12.6. The monoisotopic (exact) mass is 398 g/mol.